The van der Waals surface area contributed by atoms with Crippen LogP contribution in [-0.4, -0.2) is 17.4 Å². The third-order valence-corrected chi connectivity index (χ3v) is 2.99. The Bertz CT molecular complexity index is 667. The van der Waals surface area contributed by atoms with E-state index in [0.717, 1.165) is 5.56 Å². The Morgan fingerprint density at radius 1 is 0.909 bits per heavy atom. The molecule has 0 amide bonds. The second kappa shape index (κ2) is 6.56. The Kier molecular flexibility index (Phi) is 4.76. The van der Waals surface area contributed by atoms with Crippen LogP contribution in [0.2, 0.25) is 0 Å². The van der Waals surface area contributed by atoms with Crippen LogP contribution < -0.4 is 0 Å². The van der Waals surface area contributed by atoms with Crippen molar-refractivity contribution in [3.05, 3.63) is 71.3 Å². The number of hydrogen-bond donors (Lipinski definition) is 0. The van der Waals surface area contributed by atoms with Crippen molar-refractivity contribution in [2.75, 3.05) is 0 Å². The van der Waals surface area contributed by atoms with E-state index in [-0.39, 0.29) is 18.2 Å². The van der Waals surface area contributed by atoms with Crippen molar-refractivity contribution < 1.29 is 14.3 Å². The maximum Gasteiger partial charge on any atom is 0.310 e. The molecular formula is C19H20O3. The third-order valence-electron chi connectivity index (χ3n) is 2.99. The van der Waals surface area contributed by atoms with Crippen LogP contribution in [0.5, 0.6) is 0 Å². The fourth-order valence-corrected chi connectivity index (χ4v) is 2.12. The fraction of sp³-hybridized carbons (Fsp3) is 0.263. The molecule has 0 unspecified atom stereocenters. The average molecular weight is 296 g/mol. The maximum atomic E-state index is 12.4. The summed E-state index contributed by atoms with van der Waals surface area (Å²) in [4.78, 5) is 24.3. The molecule has 0 spiro atoms. The number of carbonyl (C=O) groups excluding carboxylic acids is 2. The summed E-state index contributed by atoms with van der Waals surface area (Å²) in [5.41, 5.74) is 1.48. The molecule has 0 fully saturated rings. The SMILES string of the molecule is CC(C)(C)OC(=O)Cc1cccc(C(=O)c2ccccc2)c1. The zero-order valence-electron chi connectivity index (χ0n) is 13.1. The lowest BCUT2D eigenvalue weighted by molar-refractivity contribution is -0.153. The van der Waals surface area contributed by atoms with Gasteiger partial charge in [-0.2, -0.15) is 0 Å². The van der Waals surface area contributed by atoms with Gasteiger partial charge in [0.05, 0.1) is 6.42 Å². The Hall–Kier alpha value is -2.42. The van der Waals surface area contributed by atoms with Crippen molar-refractivity contribution in [3.8, 4) is 0 Å². The number of carbonyl (C=O) groups is 2. The summed E-state index contributed by atoms with van der Waals surface area (Å²) in [6.45, 7) is 5.50. The van der Waals surface area contributed by atoms with Crippen molar-refractivity contribution in [2.45, 2.75) is 32.8 Å². The lowest BCUT2D eigenvalue weighted by Crippen LogP contribution is -2.24. The van der Waals surface area contributed by atoms with Crippen molar-refractivity contribution in [1.29, 1.82) is 0 Å². The Balaban J connectivity index is 2.14. The second-order valence-corrected chi connectivity index (χ2v) is 6.16. The first-order valence-electron chi connectivity index (χ1n) is 7.26. The molecule has 2 aromatic rings. The summed E-state index contributed by atoms with van der Waals surface area (Å²) in [7, 11) is 0. The molecule has 22 heavy (non-hydrogen) atoms. The number of hydrogen-bond acceptors (Lipinski definition) is 3. The molecule has 114 valence electrons. The molecular weight excluding hydrogens is 276 g/mol. The molecule has 0 radical (unpaired) electrons. The van der Waals surface area contributed by atoms with Crippen LogP contribution in [0.25, 0.3) is 0 Å². The molecule has 0 N–H and O–H groups in total. The van der Waals surface area contributed by atoms with Crippen molar-refractivity contribution >= 4 is 11.8 Å². The number of esters is 1. The molecule has 0 aromatic heterocycles. The Morgan fingerprint density at radius 2 is 1.55 bits per heavy atom. The largest absolute Gasteiger partial charge is 0.460 e. The van der Waals surface area contributed by atoms with E-state index >= 15 is 0 Å². The molecule has 3 nitrogen and oxygen atoms in total. The predicted octanol–water partition coefficient (Wildman–Crippen LogP) is 3.80. The van der Waals surface area contributed by atoms with E-state index in [4.69, 9.17) is 4.74 Å². The quantitative estimate of drug-likeness (QED) is 0.636. The molecule has 0 bridgehead atoms. The maximum absolute atomic E-state index is 12.4. The zero-order chi connectivity index (χ0) is 16.2. The molecule has 3 heteroatoms. The van der Waals surface area contributed by atoms with Gasteiger partial charge in [-0.05, 0) is 32.4 Å². The van der Waals surface area contributed by atoms with Gasteiger partial charge >= 0.3 is 5.97 Å². The van der Waals surface area contributed by atoms with Crippen LogP contribution in [0.1, 0.15) is 42.3 Å². The van der Waals surface area contributed by atoms with E-state index in [2.05, 4.69) is 0 Å². The lowest BCUT2D eigenvalue weighted by Gasteiger charge is -2.19. The van der Waals surface area contributed by atoms with E-state index in [9.17, 15) is 9.59 Å². The second-order valence-electron chi connectivity index (χ2n) is 6.16. The van der Waals surface area contributed by atoms with Gasteiger partial charge in [0.15, 0.2) is 5.78 Å². The highest BCUT2D eigenvalue weighted by molar-refractivity contribution is 6.09. The Morgan fingerprint density at radius 3 is 2.18 bits per heavy atom. The molecule has 2 rings (SSSR count). The van der Waals surface area contributed by atoms with Gasteiger partial charge in [0, 0.05) is 11.1 Å². The van der Waals surface area contributed by atoms with Gasteiger partial charge in [-0.25, -0.2) is 0 Å². The standard InChI is InChI=1S/C19H20O3/c1-19(2,3)22-17(20)13-14-8-7-11-16(12-14)18(21)15-9-5-4-6-10-15/h4-12H,13H2,1-3H3. The van der Waals surface area contributed by atoms with E-state index in [1.54, 1.807) is 30.3 Å². The van der Waals surface area contributed by atoms with Crippen molar-refractivity contribution in [2.24, 2.45) is 0 Å². The van der Waals surface area contributed by atoms with Gasteiger partial charge in [0.2, 0.25) is 0 Å². The van der Waals surface area contributed by atoms with Gasteiger partial charge in [-0.15, -0.1) is 0 Å². The first kappa shape index (κ1) is 16.0. The van der Waals surface area contributed by atoms with Crippen LogP contribution in [-0.2, 0) is 16.0 Å². The molecule has 2 aromatic carbocycles. The van der Waals surface area contributed by atoms with E-state index in [1.807, 2.05) is 45.0 Å². The van der Waals surface area contributed by atoms with Crippen LogP contribution >= 0.6 is 0 Å². The predicted molar refractivity (Wildman–Crippen MR) is 85.9 cm³/mol. The lowest BCUT2D eigenvalue weighted by atomic mass is 10.0. The van der Waals surface area contributed by atoms with Gasteiger partial charge < -0.3 is 4.74 Å². The number of ether oxygens (including phenoxy) is 1. The normalized spacial score (nSPS) is 11.0. The molecule has 0 atom stereocenters. The summed E-state index contributed by atoms with van der Waals surface area (Å²) < 4.78 is 5.30. The number of rotatable bonds is 4. The average Bonchev–Trinajstić information content (AvgIpc) is 2.45. The van der Waals surface area contributed by atoms with Crippen molar-refractivity contribution in [1.82, 2.24) is 0 Å². The molecule has 0 aliphatic rings. The van der Waals surface area contributed by atoms with Crippen LogP contribution in [0, 0.1) is 0 Å². The van der Waals surface area contributed by atoms with E-state index < -0.39 is 5.60 Å². The molecule has 0 saturated carbocycles. The highest BCUT2D eigenvalue weighted by atomic mass is 16.6. The van der Waals surface area contributed by atoms with Gasteiger partial charge in [0.1, 0.15) is 5.60 Å². The minimum absolute atomic E-state index is 0.0494. The highest BCUT2D eigenvalue weighted by Crippen LogP contribution is 2.14. The van der Waals surface area contributed by atoms with E-state index in [1.165, 1.54) is 0 Å². The molecule has 0 heterocycles. The molecule has 0 saturated heterocycles. The monoisotopic (exact) mass is 296 g/mol. The summed E-state index contributed by atoms with van der Waals surface area (Å²) >= 11 is 0. The van der Waals surface area contributed by atoms with Crippen molar-refractivity contribution in [3.63, 3.8) is 0 Å². The highest BCUT2D eigenvalue weighted by Gasteiger charge is 2.17. The van der Waals surface area contributed by atoms with Gasteiger partial charge in [0.25, 0.3) is 0 Å². The number of ketones is 1. The molecule has 0 aliphatic heterocycles. The summed E-state index contributed by atoms with van der Waals surface area (Å²) in [6.07, 6.45) is 0.160. The fourth-order valence-electron chi connectivity index (χ4n) is 2.12. The van der Waals surface area contributed by atoms with Gasteiger partial charge in [-0.1, -0.05) is 48.5 Å². The van der Waals surface area contributed by atoms with Crippen LogP contribution in [0.3, 0.4) is 0 Å². The van der Waals surface area contributed by atoms with E-state index in [0.29, 0.717) is 11.1 Å². The first-order chi connectivity index (χ1) is 10.3. The minimum atomic E-state index is -0.505. The minimum Gasteiger partial charge on any atom is -0.460 e. The summed E-state index contributed by atoms with van der Waals surface area (Å²) in [5.74, 6) is -0.344. The topological polar surface area (TPSA) is 43.4 Å². The summed E-state index contributed by atoms with van der Waals surface area (Å²) in [6, 6.07) is 16.2. The third kappa shape index (κ3) is 4.55. The van der Waals surface area contributed by atoms with Crippen LogP contribution in [0.4, 0.5) is 0 Å². The smallest absolute Gasteiger partial charge is 0.310 e. The first-order valence-corrected chi connectivity index (χ1v) is 7.26. The van der Waals surface area contributed by atoms with Crippen LogP contribution in [0.15, 0.2) is 54.6 Å². The molecule has 0 aliphatic carbocycles. The Labute approximate surface area is 130 Å². The zero-order valence-corrected chi connectivity index (χ0v) is 13.1. The summed E-state index contributed by atoms with van der Waals surface area (Å²) in [5, 5.41) is 0. The van der Waals surface area contributed by atoms with Gasteiger partial charge in [-0.3, -0.25) is 9.59 Å². The number of benzene rings is 2.